The molecule has 1 saturated heterocycles. The van der Waals surface area contributed by atoms with Crippen LogP contribution < -0.4 is 10.6 Å². The highest BCUT2D eigenvalue weighted by atomic mass is 32.2. The summed E-state index contributed by atoms with van der Waals surface area (Å²) in [6, 6.07) is -0.230. The number of rotatable bonds is 2. The smallest absolute Gasteiger partial charge is 0.173 e. The van der Waals surface area contributed by atoms with E-state index in [0.717, 1.165) is 19.4 Å². The van der Waals surface area contributed by atoms with Crippen molar-refractivity contribution in [2.24, 2.45) is 0 Å². The van der Waals surface area contributed by atoms with Crippen LogP contribution in [0.1, 0.15) is 12.8 Å². The highest BCUT2D eigenvalue weighted by molar-refractivity contribution is 7.94. The van der Waals surface area contributed by atoms with Crippen molar-refractivity contribution in [1.29, 1.82) is 0 Å². The molecule has 16 heavy (non-hydrogen) atoms. The SMILES string of the molecule is O=S1(=O)C=CC(NC(=S)NC2CCCO2)C1. The Bertz CT molecular complexity index is 399. The lowest BCUT2D eigenvalue weighted by molar-refractivity contribution is 0.0998. The molecule has 0 aromatic heterocycles. The number of hydrogen-bond donors (Lipinski definition) is 2. The quantitative estimate of drug-likeness (QED) is 0.677. The van der Waals surface area contributed by atoms with E-state index < -0.39 is 9.84 Å². The monoisotopic (exact) mass is 262 g/mol. The van der Waals surface area contributed by atoms with Crippen LogP contribution in [0.4, 0.5) is 0 Å². The fraction of sp³-hybridized carbons (Fsp3) is 0.667. The zero-order valence-corrected chi connectivity index (χ0v) is 10.3. The van der Waals surface area contributed by atoms with E-state index in [2.05, 4.69) is 10.6 Å². The van der Waals surface area contributed by atoms with Gasteiger partial charge in [0.1, 0.15) is 6.23 Å². The molecule has 0 amide bonds. The highest BCUT2D eigenvalue weighted by Gasteiger charge is 2.23. The molecule has 1 fully saturated rings. The Balaban J connectivity index is 1.78. The predicted octanol–water partition coefficient (Wildman–Crippen LogP) is -0.102. The molecule has 2 rings (SSSR count). The molecule has 2 heterocycles. The first-order valence-electron chi connectivity index (χ1n) is 5.15. The first-order chi connectivity index (χ1) is 7.55. The van der Waals surface area contributed by atoms with Crippen molar-refractivity contribution in [3.05, 3.63) is 11.5 Å². The number of sulfone groups is 1. The Morgan fingerprint density at radius 1 is 1.44 bits per heavy atom. The van der Waals surface area contributed by atoms with Crippen molar-refractivity contribution in [2.45, 2.75) is 25.1 Å². The molecule has 2 aliphatic rings. The molecule has 2 aliphatic heterocycles. The van der Waals surface area contributed by atoms with Crippen LogP contribution in [-0.2, 0) is 14.6 Å². The van der Waals surface area contributed by atoms with Gasteiger partial charge >= 0.3 is 0 Å². The minimum Gasteiger partial charge on any atom is -0.359 e. The van der Waals surface area contributed by atoms with Crippen molar-refractivity contribution in [3.8, 4) is 0 Å². The summed E-state index contributed by atoms with van der Waals surface area (Å²) >= 11 is 5.07. The van der Waals surface area contributed by atoms with Gasteiger partial charge in [0.15, 0.2) is 14.9 Å². The van der Waals surface area contributed by atoms with Gasteiger partial charge in [0.05, 0.1) is 11.8 Å². The van der Waals surface area contributed by atoms with Gasteiger partial charge in [-0.05, 0) is 31.1 Å². The largest absolute Gasteiger partial charge is 0.359 e. The van der Waals surface area contributed by atoms with Gasteiger partial charge in [-0.25, -0.2) is 8.42 Å². The second-order valence-electron chi connectivity index (χ2n) is 3.88. The van der Waals surface area contributed by atoms with Gasteiger partial charge in [-0.2, -0.15) is 0 Å². The molecule has 0 saturated carbocycles. The molecule has 0 spiro atoms. The van der Waals surface area contributed by atoms with Gasteiger partial charge < -0.3 is 15.4 Å². The molecule has 0 bridgehead atoms. The van der Waals surface area contributed by atoms with Gasteiger partial charge in [-0.3, -0.25) is 0 Å². The first-order valence-corrected chi connectivity index (χ1v) is 7.27. The molecule has 0 radical (unpaired) electrons. The Morgan fingerprint density at radius 3 is 2.81 bits per heavy atom. The van der Waals surface area contributed by atoms with E-state index in [1.54, 1.807) is 6.08 Å². The fourth-order valence-electron chi connectivity index (χ4n) is 1.71. The van der Waals surface area contributed by atoms with Crippen molar-refractivity contribution < 1.29 is 13.2 Å². The van der Waals surface area contributed by atoms with E-state index in [0.29, 0.717) is 5.11 Å². The van der Waals surface area contributed by atoms with Crippen LogP contribution in [0.5, 0.6) is 0 Å². The predicted molar refractivity (Wildman–Crippen MR) is 64.6 cm³/mol. The maximum absolute atomic E-state index is 11.2. The number of nitrogens with one attached hydrogen (secondary N) is 2. The Kier molecular flexibility index (Phi) is 3.46. The van der Waals surface area contributed by atoms with E-state index in [1.165, 1.54) is 5.41 Å². The summed E-state index contributed by atoms with van der Waals surface area (Å²) in [5.74, 6) is 0.0698. The minimum atomic E-state index is -3.03. The summed E-state index contributed by atoms with van der Waals surface area (Å²) in [5, 5.41) is 7.60. The molecule has 0 aromatic rings. The van der Waals surface area contributed by atoms with E-state index in [-0.39, 0.29) is 18.0 Å². The molecule has 2 unspecified atom stereocenters. The van der Waals surface area contributed by atoms with E-state index >= 15 is 0 Å². The van der Waals surface area contributed by atoms with Crippen LogP contribution in [0.25, 0.3) is 0 Å². The molecule has 0 aliphatic carbocycles. The highest BCUT2D eigenvalue weighted by Crippen LogP contribution is 2.10. The molecule has 2 atom stereocenters. The third kappa shape index (κ3) is 3.16. The first kappa shape index (κ1) is 11.8. The lowest BCUT2D eigenvalue weighted by Gasteiger charge is -2.17. The van der Waals surface area contributed by atoms with Gasteiger partial charge in [0, 0.05) is 12.0 Å². The molecule has 5 nitrogen and oxygen atoms in total. The lowest BCUT2D eigenvalue weighted by Crippen LogP contribution is -2.46. The molecule has 7 heteroatoms. The van der Waals surface area contributed by atoms with Gasteiger partial charge in [-0.15, -0.1) is 0 Å². The van der Waals surface area contributed by atoms with Crippen LogP contribution in [-0.4, -0.2) is 38.2 Å². The topological polar surface area (TPSA) is 67.4 Å². The third-order valence-corrected chi connectivity index (χ3v) is 4.10. The average Bonchev–Trinajstić information content (AvgIpc) is 2.76. The standard InChI is InChI=1S/C9H14N2O3S2/c12-16(13)5-3-7(6-16)10-9(15)11-8-2-1-4-14-8/h3,5,7-8H,1-2,4,6H2,(H2,10,11,15). The molecular formula is C9H14N2O3S2. The second kappa shape index (κ2) is 4.68. The van der Waals surface area contributed by atoms with Crippen LogP contribution in [0, 0.1) is 0 Å². The number of thiocarbonyl (C=S) groups is 1. The van der Waals surface area contributed by atoms with Gasteiger partial charge in [0.2, 0.25) is 0 Å². The summed E-state index contributed by atoms with van der Waals surface area (Å²) in [5.41, 5.74) is 0. The van der Waals surface area contributed by atoms with Crippen molar-refractivity contribution >= 4 is 27.2 Å². The summed E-state index contributed by atoms with van der Waals surface area (Å²) in [6.45, 7) is 0.748. The van der Waals surface area contributed by atoms with Crippen LogP contribution >= 0.6 is 12.2 Å². The van der Waals surface area contributed by atoms with Crippen molar-refractivity contribution in [2.75, 3.05) is 12.4 Å². The van der Waals surface area contributed by atoms with Crippen molar-refractivity contribution in [3.63, 3.8) is 0 Å². The van der Waals surface area contributed by atoms with Crippen molar-refractivity contribution in [1.82, 2.24) is 10.6 Å². The van der Waals surface area contributed by atoms with Gasteiger partial charge in [-0.1, -0.05) is 0 Å². The Hall–Kier alpha value is -0.660. The van der Waals surface area contributed by atoms with Crippen LogP contribution in [0.2, 0.25) is 0 Å². The minimum absolute atomic E-state index is 0.0398. The lowest BCUT2D eigenvalue weighted by atomic mass is 10.3. The normalized spacial score (nSPS) is 31.5. The number of hydrogen-bond acceptors (Lipinski definition) is 4. The number of ether oxygens (including phenoxy) is 1. The maximum atomic E-state index is 11.2. The molecular weight excluding hydrogens is 248 g/mol. The summed E-state index contributed by atoms with van der Waals surface area (Å²) < 4.78 is 27.7. The Morgan fingerprint density at radius 2 is 2.25 bits per heavy atom. The van der Waals surface area contributed by atoms with Crippen LogP contribution in [0.3, 0.4) is 0 Å². The average molecular weight is 262 g/mol. The third-order valence-electron chi connectivity index (χ3n) is 2.47. The molecule has 2 N–H and O–H groups in total. The summed E-state index contributed by atoms with van der Waals surface area (Å²) in [7, 11) is -3.03. The molecule has 0 aromatic carbocycles. The summed E-state index contributed by atoms with van der Waals surface area (Å²) in [6.07, 6.45) is 3.53. The van der Waals surface area contributed by atoms with E-state index in [1.807, 2.05) is 0 Å². The Labute approximate surface area is 100 Å². The van der Waals surface area contributed by atoms with Crippen LogP contribution in [0.15, 0.2) is 11.5 Å². The zero-order valence-electron chi connectivity index (χ0n) is 8.68. The molecule has 90 valence electrons. The van der Waals surface area contributed by atoms with Gasteiger partial charge in [0.25, 0.3) is 0 Å². The zero-order chi connectivity index (χ0) is 11.6. The van der Waals surface area contributed by atoms with E-state index in [4.69, 9.17) is 17.0 Å². The summed E-state index contributed by atoms with van der Waals surface area (Å²) in [4.78, 5) is 0. The second-order valence-corrected chi connectivity index (χ2v) is 6.22. The van der Waals surface area contributed by atoms with E-state index in [9.17, 15) is 8.42 Å². The maximum Gasteiger partial charge on any atom is 0.173 e. The fourth-order valence-corrected chi connectivity index (χ4v) is 3.23.